The minimum atomic E-state index is -0.312. The standard InChI is InChI=1S/C25H32FNO3/c1-2-3-17-29-24(19-30-23-7-5-4-6-8-23)18-27-15-13-21(14-16-27)25(28)20-9-11-22(26)12-10-20/h4-12,21,24H,2-3,13-19H2,1H3. The molecular weight excluding hydrogens is 381 g/mol. The van der Waals surface area contributed by atoms with Crippen molar-refractivity contribution in [2.45, 2.75) is 38.7 Å². The van der Waals surface area contributed by atoms with E-state index in [1.165, 1.54) is 12.1 Å². The highest BCUT2D eigenvalue weighted by atomic mass is 19.1. The van der Waals surface area contributed by atoms with Gasteiger partial charge in [0.15, 0.2) is 5.78 Å². The highest BCUT2D eigenvalue weighted by Crippen LogP contribution is 2.22. The smallest absolute Gasteiger partial charge is 0.166 e. The molecule has 0 saturated carbocycles. The second kappa shape index (κ2) is 11.8. The number of ketones is 1. The van der Waals surface area contributed by atoms with E-state index in [-0.39, 0.29) is 23.6 Å². The number of likely N-dealkylation sites (tertiary alicyclic amines) is 1. The van der Waals surface area contributed by atoms with E-state index in [9.17, 15) is 9.18 Å². The van der Waals surface area contributed by atoms with Crippen LogP contribution >= 0.6 is 0 Å². The van der Waals surface area contributed by atoms with Crippen LogP contribution in [0.1, 0.15) is 43.0 Å². The number of Topliss-reactive ketones (excluding diaryl/α,β-unsaturated/α-hetero) is 1. The molecule has 1 aliphatic heterocycles. The summed E-state index contributed by atoms with van der Waals surface area (Å²) in [6, 6.07) is 15.7. The first kappa shape index (κ1) is 22.4. The fourth-order valence-corrected chi connectivity index (χ4v) is 3.77. The van der Waals surface area contributed by atoms with E-state index in [1.54, 1.807) is 12.1 Å². The zero-order valence-corrected chi connectivity index (χ0v) is 17.8. The van der Waals surface area contributed by atoms with Crippen molar-refractivity contribution in [3.8, 4) is 5.75 Å². The lowest BCUT2D eigenvalue weighted by atomic mass is 9.89. The molecule has 1 heterocycles. The van der Waals surface area contributed by atoms with Crippen LogP contribution in [0, 0.1) is 11.7 Å². The third-order valence-electron chi connectivity index (χ3n) is 5.58. The van der Waals surface area contributed by atoms with Gasteiger partial charge in [0.2, 0.25) is 0 Å². The van der Waals surface area contributed by atoms with E-state index in [0.717, 1.165) is 57.7 Å². The molecule has 4 nitrogen and oxygen atoms in total. The van der Waals surface area contributed by atoms with Gasteiger partial charge in [0.25, 0.3) is 0 Å². The zero-order chi connectivity index (χ0) is 21.2. The van der Waals surface area contributed by atoms with Crippen LogP contribution in [0.5, 0.6) is 5.75 Å². The Morgan fingerprint density at radius 3 is 2.47 bits per heavy atom. The molecule has 1 unspecified atom stereocenters. The first-order valence-corrected chi connectivity index (χ1v) is 11.0. The molecular formula is C25H32FNO3. The van der Waals surface area contributed by atoms with Crippen LogP contribution in [0.2, 0.25) is 0 Å². The molecule has 162 valence electrons. The van der Waals surface area contributed by atoms with Crippen LogP contribution in [0.4, 0.5) is 4.39 Å². The van der Waals surface area contributed by atoms with Crippen LogP contribution in [0.3, 0.4) is 0 Å². The van der Waals surface area contributed by atoms with Gasteiger partial charge in [-0.1, -0.05) is 31.5 Å². The maximum absolute atomic E-state index is 13.1. The number of piperidine rings is 1. The van der Waals surface area contributed by atoms with Crippen molar-refractivity contribution in [1.82, 2.24) is 4.90 Å². The normalized spacial score (nSPS) is 16.3. The van der Waals surface area contributed by atoms with Crippen molar-refractivity contribution in [1.29, 1.82) is 0 Å². The second-order valence-corrected chi connectivity index (χ2v) is 7.92. The van der Waals surface area contributed by atoms with Gasteiger partial charge in [-0.15, -0.1) is 0 Å². The molecule has 0 amide bonds. The third kappa shape index (κ3) is 6.92. The van der Waals surface area contributed by atoms with Crippen molar-refractivity contribution < 1.29 is 18.7 Å². The zero-order valence-electron chi connectivity index (χ0n) is 17.8. The molecule has 1 aliphatic rings. The molecule has 0 aliphatic carbocycles. The van der Waals surface area contributed by atoms with E-state index in [4.69, 9.17) is 9.47 Å². The van der Waals surface area contributed by atoms with Gasteiger partial charge in [-0.3, -0.25) is 4.79 Å². The molecule has 5 heteroatoms. The quantitative estimate of drug-likeness (QED) is 0.385. The molecule has 2 aromatic rings. The molecule has 1 saturated heterocycles. The van der Waals surface area contributed by atoms with Gasteiger partial charge < -0.3 is 14.4 Å². The highest BCUT2D eigenvalue weighted by Gasteiger charge is 2.27. The Morgan fingerprint density at radius 1 is 1.10 bits per heavy atom. The van der Waals surface area contributed by atoms with E-state index in [1.807, 2.05) is 30.3 Å². The summed E-state index contributed by atoms with van der Waals surface area (Å²) in [5.74, 6) is 0.669. The highest BCUT2D eigenvalue weighted by molar-refractivity contribution is 5.97. The number of carbonyl (C=O) groups excluding carboxylic acids is 1. The van der Waals surface area contributed by atoms with Gasteiger partial charge in [-0.25, -0.2) is 4.39 Å². The number of hydrogen-bond donors (Lipinski definition) is 0. The molecule has 1 fully saturated rings. The van der Waals surface area contributed by atoms with Crippen molar-refractivity contribution in [3.63, 3.8) is 0 Å². The van der Waals surface area contributed by atoms with Crippen LogP contribution in [0.25, 0.3) is 0 Å². The lowest BCUT2D eigenvalue weighted by molar-refractivity contribution is -0.00818. The lowest BCUT2D eigenvalue weighted by Gasteiger charge is -2.33. The molecule has 0 N–H and O–H groups in total. The maximum atomic E-state index is 13.1. The first-order chi connectivity index (χ1) is 14.7. The lowest BCUT2D eigenvalue weighted by Crippen LogP contribution is -2.43. The summed E-state index contributed by atoms with van der Waals surface area (Å²) < 4.78 is 25.1. The average Bonchev–Trinajstić information content (AvgIpc) is 2.79. The van der Waals surface area contributed by atoms with E-state index in [2.05, 4.69) is 11.8 Å². The summed E-state index contributed by atoms with van der Waals surface area (Å²) in [4.78, 5) is 15.0. The fraction of sp³-hybridized carbons (Fsp3) is 0.480. The maximum Gasteiger partial charge on any atom is 0.166 e. The van der Waals surface area contributed by atoms with Crippen LogP contribution in [-0.2, 0) is 4.74 Å². The van der Waals surface area contributed by atoms with E-state index in [0.29, 0.717) is 12.2 Å². The SMILES string of the molecule is CCCCOC(COc1ccccc1)CN1CCC(C(=O)c2ccc(F)cc2)CC1. The Balaban J connectivity index is 1.48. The third-order valence-corrected chi connectivity index (χ3v) is 5.58. The molecule has 0 bridgehead atoms. The van der Waals surface area contributed by atoms with Crippen LogP contribution in [-0.4, -0.2) is 49.6 Å². The monoisotopic (exact) mass is 413 g/mol. The van der Waals surface area contributed by atoms with Gasteiger partial charge >= 0.3 is 0 Å². The van der Waals surface area contributed by atoms with Crippen LogP contribution < -0.4 is 4.74 Å². The van der Waals surface area contributed by atoms with Crippen molar-refractivity contribution in [2.75, 3.05) is 32.8 Å². The van der Waals surface area contributed by atoms with Crippen LogP contribution in [0.15, 0.2) is 54.6 Å². The van der Waals surface area contributed by atoms with Gasteiger partial charge in [-0.2, -0.15) is 0 Å². The Bertz CT molecular complexity index is 758. The minimum Gasteiger partial charge on any atom is -0.491 e. The summed E-state index contributed by atoms with van der Waals surface area (Å²) in [6.45, 7) is 5.92. The summed E-state index contributed by atoms with van der Waals surface area (Å²) >= 11 is 0. The number of hydrogen-bond acceptors (Lipinski definition) is 4. The van der Waals surface area contributed by atoms with Crippen molar-refractivity contribution in [3.05, 3.63) is 66.0 Å². The Labute approximate surface area is 179 Å². The summed E-state index contributed by atoms with van der Waals surface area (Å²) in [5, 5.41) is 0. The minimum absolute atomic E-state index is 0.00102. The molecule has 0 spiro atoms. The molecule has 30 heavy (non-hydrogen) atoms. The molecule has 1 atom stereocenters. The number of rotatable bonds is 11. The fourth-order valence-electron chi connectivity index (χ4n) is 3.77. The topological polar surface area (TPSA) is 38.8 Å². The van der Waals surface area contributed by atoms with E-state index < -0.39 is 0 Å². The largest absolute Gasteiger partial charge is 0.491 e. The number of nitrogens with zero attached hydrogens (tertiary/aromatic N) is 1. The predicted molar refractivity (Wildman–Crippen MR) is 116 cm³/mol. The second-order valence-electron chi connectivity index (χ2n) is 7.92. The Kier molecular flexibility index (Phi) is 8.84. The molecule has 0 aromatic heterocycles. The van der Waals surface area contributed by atoms with Crippen molar-refractivity contribution >= 4 is 5.78 Å². The van der Waals surface area contributed by atoms with E-state index >= 15 is 0 Å². The average molecular weight is 414 g/mol. The Morgan fingerprint density at radius 2 is 1.80 bits per heavy atom. The predicted octanol–water partition coefficient (Wildman–Crippen LogP) is 4.98. The van der Waals surface area contributed by atoms with Crippen molar-refractivity contribution in [2.24, 2.45) is 5.92 Å². The van der Waals surface area contributed by atoms with Gasteiger partial charge in [0.1, 0.15) is 24.3 Å². The number of para-hydroxylation sites is 1. The number of ether oxygens (including phenoxy) is 2. The number of unbranched alkanes of at least 4 members (excludes halogenated alkanes) is 1. The summed E-state index contributed by atoms with van der Waals surface area (Å²) in [6.07, 6.45) is 3.77. The summed E-state index contributed by atoms with van der Waals surface area (Å²) in [5.41, 5.74) is 0.604. The number of benzene rings is 2. The number of carbonyl (C=O) groups is 1. The molecule has 0 radical (unpaired) electrons. The van der Waals surface area contributed by atoms with Gasteiger partial charge in [0.05, 0.1) is 0 Å². The first-order valence-electron chi connectivity index (χ1n) is 11.0. The summed E-state index contributed by atoms with van der Waals surface area (Å²) in [7, 11) is 0. The number of halogens is 1. The van der Waals surface area contributed by atoms with Gasteiger partial charge in [-0.05, 0) is 68.8 Å². The molecule has 3 rings (SSSR count). The Hall–Kier alpha value is -2.24. The van der Waals surface area contributed by atoms with Gasteiger partial charge in [0, 0.05) is 24.6 Å². The molecule has 2 aromatic carbocycles.